The van der Waals surface area contributed by atoms with Crippen molar-refractivity contribution in [3.8, 4) is 0 Å². The molecule has 1 amide bonds. The van der Waals surface area contributed by atoms with Gasteiger partial charge in [0.2, 0.25) is 5.91 Å². The molecule has 5 heteroatoms. The second-order valence-corrected chi connectivity index (χ2v) is 5.17. The van der Waals surface area contributed by atoms with E-state index in [1.807, 2.05) is 31.3 Å². The predicted molar refractivity (Wildman–Crippen MR) is 72.0 cm³/mol. The summed E-state index contributed by atoms with van der Waals surface area (Å²) in [6, 6.07) is 8.07. The summed E-state index contributed by atoms with van der Waals surface area (Å²) in [5.41, 5.74) is 6.75. The first-order valence-electron chi connectivity index (χ1n) is 5.58. The molecule has 1 aromatic carbocycles. The van der Waals surface area contributed by atoms with E-state index < -0.39 is 0 Å². The first-order chi connectivity index (χ1) is 8.11. The molecule has 92 valence electrons. The fourth-order valence-corrected chi connectivity index (χ4v) is 2.41. The molecular formula is C12H16BrN3O. The molecule has 0 aliphatic carbocycles. The number of nitrogens with zero attached hydrogens (tertiary/aromatic N) is 2. The molecule has 1 fully saturated rings. The van der Waals surface area contributed by atoms with Crippen LogP contribution >= 0.6 is 15.9 Å². The normalized spacial score (nSPS) is 20.9. The van der Waals surface area contributed by atoms with Crippen molar-refractivity contribution >= 4 is 27.5 Å². The number of nitrogens with two attached hydrogens (primary N) is 1. The fourth-order valence-electron chi connectivity index (χ4n) is 2.02. The smallest absolute Gasteiger partial charge is 0.242 e. The van der Waals surface area contributed by atoms with Gasteiger partial charge in [-0.25, -0.2) is 0 Å². The van der Waals surface area contributed by atoms with Crippen molar-refractivity contribution < 1.29 is 4.79 Å². The Labute approximate surface area is 110 Å². The van der Waals surface area contributed by atoms with Crippen LogP contribution in [0.1, 0.15) is 0 Å². The minimum atomic E-state index is 0.0928. The second-order valence-electron chi connectivity index (χ2n) is 4.25. The zero-order valence-electron chi connectivity index (χ0n) is 9.77. The average molecular weight is 298 g/mol. The number of carbonyl (C=O) groups excluding carboxylic acids is 1. The molecule has 1 unspecified atom stereocenters. The van der Waals surface area contributed by atoms with Crippen LogP contribution in [0.25, 0.3) is 0 Å². The van der Waals surface area contributed by atoms with Gasteiger partial charge in [0.15, 0.2) is 0 Å². The Balaban J connectivity index is 2.20. The molecule has 1 aliphatic rings. The standard InChI is InChI=1S/C12H16BrN3O/c1-15-11(6-14)7-16(8-12(15)17)10-4-2-3-9(13)5-10/h2-5,11H,6-8,14H2,1H3. The SMILES string of the molecule is CN1C(=O)CN(c2cccc(Br)c2)CC1CN. The molecule has 0 bridgehead atoms. The summed E-state index contributed by atoms with van der Waals surface area (Å²) in [5.74, 6) is 0.117. The summed E-state index contributed by atoms with van der Waals surface area (Å²) in [6.45, 7) is 1.70. The van der Waals surface area contributed by atoms with Gasteiger partial charge in [0, 0.05) is 30.3 Å². The molecule has 1 aromatic rings. The number of rotatable bonds is 2. The van der Waals surface area contributed by atoms with Crippen LogP contribution in [-0.4, -0.2) is 43.5 Å². The van der Waals surface area contributed by atoms with E-state index in [-0.39, 0.29) is 11.9 Å². The maximum absolute atomic E-state index is 11.8. The molecule has 2 rings (SSSR count). The summed E-state index contributed by atoms with van der Waals surface area (Å²) >= 11 is 3.44. The number of halogens is 1. The van der Waals surface area contributed by atoms with E-state index in [9.17, 15) is 4.79 Å². The van der Waals surface area contributed by atoms with Gasteiger partial charge in [0.25, 0.3) is 0 Å². The third kappa shape index (κ3) is 2.61. The van der Waals surface area contributed by atoms with E-state index in [0.717, 1.165) is 16.7 Å². The topological polar surface area (TPSA) is 49.6 Å². The highest BCUT2D eigenvalue weighted by Crippen LogP contribution is 2.22. The van der Waals surface area contributed by atoms with Gasteiger partial charge in [-0.3, -0.25) is 4.79 Å². The van der Waals surface area contributed by atoms with Crippen molar-refractivity contribution in [2.24, 2.45) is 5.73 Å². The monoisotopic (exact) mass is 297 g/mol. The predicted octanol–water partition coefficient (Wildman–Crippen LogP) is 1.05. The van der Waals surface area contributed by atoms with Gasteiger partial charge >= 0.3 is 0 Å². The first-order valence-corrected chi connectivity index (χ1v) is 6.37. The van der Waals surface area contributed by atoms with Gasteiger partial charge in [-0.1, -0.05) is 22.0 Å². The number of hydrogen-bond acceptors (Lipinski definition) is 3. The largest absolute Gasteiger partial charge is 0.360 e. The van der Waals surface area contributed by atoms with Gasteiger partial charge < -0.3 is 15.5 Å². The molecule has 1 heterocycles. The lowest BCUT2D eigenvalue weighted by atomic mass is 10.1. The third-order valence-corrected chi connectivity index (χ3v) is 3.64. The van der Waals surface area contributed by atoms with Crippen LogP contribution < -0.4 is 10.6 Å². The summed E-state index contributed by atoms with van der Waals surface area (Å²) in [7, 11) is 1.82. The van der Waals surface area contributed by atoms with E-state index in [1.54, 1.807) is 4.90 Å². The van der Waals surface area contributed by atoms with Crippen molar-refractivity contribution in [1.82, 2.24) is 4.90 Å². The maximum atomic E-state index is 11.8. The zero-order valence-corrected chi connectivity index (χ0v) is 11.4. The Morgan fingerprint density at radius 2 is 2.29 bits per heavy atom. The minimum Gasteiger partial charge on any atom is -0.360 e. The van der Waals surface area contributed by atoms with Crippen molar-refractivity contribution in [3.05, 3.63) is 28.7 Å². The molecule has 0 spiro atoms. The molecule has 1 saturated heterocycles. The van der Waals surface area contributed by atoms with Crippen molar-refractivity contribution in [3.63, 3.8) is 0 Å². The van der Waals surface area contributed by atoms with Gasteiger partial charge in [0.05, 0.1) is 12.6 Å². The highest BCUT2D eigenvalue weighted by atomic mass is 79.9. The van der Waals surface area contributed by atoms with Crippen molar-refractivity contribution in [1.29, 1.82) is 0 Å². The summed E-state index contributed by atoms with van der Waals surface area (Å²) in [4.78, 5) is 15.7. The molecule has 0 saturated carbocycles. The number of amides is 1. The Morgan fingerprint density at radius 3 is 2.94 bits per heavy atom. The molecular weight excluding hydrogens is 282 g/mol. The molecule has 2 N–H and O–H groups in total. The maximum Gasteiger partial charge on any atom is 0.242 e. The fraction of sp³-hybridized carbons (Fsp3) is 0.417. The molecule has 17 heavy (non-hydrogen) atoms. The summed E-state index contributed by atoms with van der Waals surface area (Å²) in [5, 5.41) is 0. The summed E-state index contributed by atoms with van der Waals surface area (Å²) in [6.07, 6.45) is 0. The van der Waals surface area contributed by atoms with E-state index in [4.69, 9.17) is 5.73 Å². The van der Waals surface area contributed by atoms with Crippen LogP contribution in [0.2, 0.25) is 0 Å². The highest BCUT2D eigenvalue weighted by Gasteiger charge is 2.28. The second kappa shape index (κ2) is 5.06. The first kappa shape index (κ1) is 12.4. The number of anilines is 1. The summed E-state index contributed by atoms with van der Waals surface area (Å²) < 4.78 is 1.02. The number of likely N-dealkylation sites (N-methyl/N-ethyl adjacent to an activating group) is 1. The Bertz CT molecular complexity index is 424. The molecule has 0 aromatic heterocycles. The van der Waals surface area contributed by atoms with E-state index in [2.05, 4.69) is 20.8 Å². The molecule has 4 nitrogen and oxygen atoms in total. The zero-order chi connectivity index (χ0) is 12.4. The van der Waals surface area contributed by atoms with Crippen LogP contribution in [0, 0.1) is 0 Å². The molecule has 0 radical (unpaired) electrons. The van der Waals surface area contributed by atoms with Crippen molar-refractivity contribution in [2.45, 2.75) is 6.04 Å². The van der Waals surface area contributed by atoms with Crippen LogP contribution in [0.15, 0.2) is 28.7 Å². The molecule has 1 atom stereocenters. The highest BCUT2D eigenvalue weighted by molar-refractivity contribution is 9.10. The number of piperazine rings is 1. The van der Waals surface area contributed by atoms with Crippen LogP contribution in [0.5, 0.6) is 0 Å². The quantitative estimate of drug-likeness (QED) is 0.888. The minimum absolute atomic E-state index is 0.0928. The van der Waals surface area contributed by atoms with E-state index in [0.29, 0.717) is 13.1 Å². The Kier molecular flexibility index (Phi) is 3.69. The Hall–Kier alpha value is -1.07. The molecule has 1 aliphatic heterocycles. The van der Waals surface area contributed by atoms with Gasteiger partial charge in [-0.2, -0.15) is 0 Å². The van der Waals surface area contributed by atoms with Gasteiger partial charge in [-0.15, -0.1) is 0 Å². The lowest BCUT2D eigenvalue weighted by molar-refractivity contribution is -0.131. The number of hydrogen-bond donors (Lipinski definition) is 1. The van der Waals surface area contributed by atoms with Crippen LogP contribution in [0.3, 0.4) is 0 Å². The number of benzene rings is 1. The third-order valence-electron chi connectivity index (χ3n) is 3.14. The average Bonchev–Trinajstić information content (AvgIpc) is 2.32. The van der Waals surface area contributed by atoms with Crippen molar-refractivity contribution in [2.75, 3.05) is 31.6 Å². The lowest BCUT2D eigenvalue weighted by Crippen LogP contribution is -2.57. The van der Waals surface area contributed by atoms with E-state index >= 15 is 0 Å². The van der Waals surface area contributed by atoms with Crippen LogP contribution in [-0.2, 0) is 4.79 Å². The Morgan fingerprint density at radius 1 is 1.53 bits per heavy atom. The van der Waals surface area contributed by atoms with Crippen LogP contribution in [0.4, 0.5) is 5.69 Å². The lowest BCUT2D eigenvalue weighted by Gasteiger charge is -2.39. The van der Waals surface area contributed by atoms with Gasteiger partial charge in [-0.05, 0) is 18.2 Å². The van der Waals surface area contributed by atoms with E-state index in [1.165, 1.54) is 0 Å². The van der Waals surface area contributed by atoms with Gasteiger partial charge in [0.1, 0.15) is 0 Å². The number of carbonyl (C=O) groups is 1.